The summed E-state index contributed by atoms with van der Waals surface area (Å²) in [5, 5.41) is 0. The predicted octanol–water partition coefficient (Wildman–Crippen LogP) is 0.306. The fraction of sp³-hybridized carbons (Fsp3) is 0.700. The molecule has 1 aromatic heterocycles. The highest BCUT2D eigenvalue weighted by Crippen LogP contribution is 2.07. The molecule has 0 radical (unpaired) electrons. The third-order valence-electron chi connectivity index (χ3n) is 2.76. The third kappa shape index (κ3) is 2.56. The molecule has 1 aliphatic rings. The summed E-state index contributed by atoms with van der Waals surface area (Å²) in [4.78, 5) is 6.46. The summed E-state index contributed by atoms with van der Waals surface area (Å²) in [7, 11) is 0. The van der Waals surface area contributed by atoms with Crippen LogP contribution in [0.15, 0.2) is 18.7 Å². The molecule has 2 heterocycles. The number of aromatic nitrogens is 2. The van der Waals surface area contributed by atoms with Crippen LogP contribution < -0.4 is 5.73 Å². The number of rotatable bonds is 4. The SMILES string of the molecule is N[C@H]1CCN(CCCn2ccnc2)C1. The van der Waals surface area contributed by atoms with Crippen LogP contribution in [0.5, 0.6) is 0 Å². The molecule has 0 amide bonds. The minimum atomic E-state index is 0.406. The van der Waals surface area contributed by atoms with E-state index in [1.807, 2.05) is 18.7 Å². The molecule has 0 bridgehead atoms. The van der Waals surface area contributed by atoms with Gasteiger partial charge in [-0.1, -0.05) is 0 Å². The van der Waals surface area contributed by atoms with E-state index in [2.05, 4.69) is 14.5 Å². The van der Waals surface area contributed by atoms with Gasteiger partial charge in [-0.2, -0.15) is 0 Å². The Morgan fingerprint density at radius 1 is 1.43 bits per heavy atom. The number of nitrogens with zero attached hydrogens (tertiary/aromatic N) is 3. The van der Waals surface area contributed by atoms with Gasteiger partial charge >= 0.3 is 0 Å². The average Bonchev–Trinajstić information content (AvgIpc) is 2.77. The van der Waals surface area contributed by atoms with E-state index in [0.717, 1.165) is 26.1 Å². The van der Waals surface area contributed by atoms with Gasteiger partial charge in [0, 0.05) is 31.5 Å². The van der Waals surface area contributed by atoms with Crippen molar-refractivity contribution in [1.29, 1.82) is 0 Å². The van der Waals surface area contributed by atoms with Crippen molar-refractivity contribution in [3.05, 3.63) is 18.7 Å². The van der Waals surface area contributed by atoms with Crippen LogP contribution in [-0.4, -0.2) is 40.1 Å². The molecular weight excluding hydrogens is 176 g/mol. The highest BCUT2D eigenvalue weighted by atomic mass is 15.2. The maximum atomic E-state index is 5.83. The Kier molecular flexibility index (Phi) is 3.16. The van der Waals surface area contributed by atoms with E-state index in [-0.39, 0.29) is 0 Å². The van der Waals surface area contributed by atoms with E-state index >= 15 is 0 Å². The van der Waals surface area contributed by atoms with Gasteiger partial charge in [0.15, 0.2) is 0 Å². The van der Waals surface area contributed by atoms with E-state index in [1.54, 1.807) is 0 Å². The summed E-state index contributed by atoms with van der Waals surface area (Å²) in [6.07, 6.45) is 8.05. The number of nitrogens with two attached hydrogens (primary N) is 1. The normalized spacial score (nSPS) is 23.1. The lowest BCUT2D eigenvalue weighted by molar-refractivity contribution is 0.321. The largest absolute Gasteiger partial charge is 0.337 e. The second-order valence-electron chi connectivity index (χ2n) is 4.00. The Morgan fingerprint density at radius 2 is 2.36 bits per heavy atom. The van der Waals surface area contributed by atoms with E-state index in [4.69, 9.17) is 5.73 Å². The standard InChI is InChI=1S/C10H18N4/c11-10-2-6-13(8-10)4-1-5-14-7-3-12-9-14/h3,7,9-10H,1-2,4-6,8,11H2/t10-/m0/s1. The summed E-state index contributed by atoms with van der Waals surface area (Å²) < 4.78 is 2.12. The van der Waals surface area contributed by atoms with Crippen LogP contribution in [0.25, 0.3) is 0 Å². The van der Waals surface area contributed by atoms with Crippen LogP contribution >= 0.6 is 0 Å². The Labute approximate surface area is 84.7 Å². The highest BCUT2D eigenvalue weighted by molar-refractivity contribution is 4.78. The second-order valence-corrected chi connectivity index (χ2v) is 4.00. The molecule has 1 fully saturated rings. The number of imidazole rings is 1. The summed E-state index contributed by atoms with van der Waals surface area (Å²) in [5.74, 6) is 0. The summed E-state index contributed by atoms with van der Waals surface area (Å²) in [5.41, 5.74) is 5.83. The number of hydrogen-bond acceptors (Lipinski definition) is 3. The maximum Gasteiger partial charge on any atom is 0.0945 e. The van der Waals surface area contributed by atoms with Crippen LogP contribution in [0.4, 0.5) is 0 Å². The second kappa shape index (κ2) is 4.57. The monoisotopic (exact) mass is 194 g/mol. The minimum Gasteiger partial charge on any atom is -0.337 e. The van der Waals surface area contributed by atoms with E-state index < -0.39 is 0 Å². The molecule has 0 unspecified atom stereocenters. The average molecular weight is 194 g/mol. The number of hydrogen-bond donors (Lipinski definition) is 1. The lowest BCUT2D eigenvalue weighted by Crippen LogP contribution is -2.27. The molecule has 1 aromatic rings. The Bertz CT molecular complexity index is 257. The van der Waals surface area contributed by atoms with Crippen molar-refractivity contribution in [1.82, 2.24) is 14.5 Å². The quantitative estimate of drug-likeness (QED) is 0.750. The van der Waals surface area contributed by atoms with Crippen LogP contribution in [0, 0.1) is 0 Å². The van der Waals surface area contributed by atoms with Gasteiger partial charge in [-0.3, -0.25) is 0 Å². The van der Waals surface area contributed by atoms with Gasteiger partial charge in [0.1, 0.15) is 0 Å². The fourth-order valence-electron chi connectivity index (χ4n) is 1.96. The fourth-order valence-corrected chi connectivity index (χ4v) is 1.96. The first kappa shape index (κ1) is 9.68. The number of aryl methyl sites for hydroxylation is 1. The first-order valence-electron chi connectivity index (χ1n) is 5.28. The molecular formula is C10H18N4. The van der Waals surface area contributed by atoms with Gasteiger partial charge < -0.3 is 15.2 Å². The van der Waals surface area contributed by atoms with Crippen molar-refractivity contribution >= 4 is 0 Å². The van der Waals surface area contributed by atoms with Gasteiger partial charge in [-0.05, 0) is 25.9 Å². The van der Waals surface area contributed by atoms with Crippen molar-refractivity contribution < 1.29 is 0 Å². The zero-order chi connectivity index (χ0) is 9.80. The van der Waals surface area contributed by atoms with Crippen molar-refractivity contribution in [2.24, 2.45) is 5.73 Å². The van der Waals surface area contributed by atoms with E-state index in [0.29, 0.717) is 6.04 Å². The molecule has 2 N–H and O–H groups in total. The molecule has 2 rings (SSSR count). The van der Waals surface area contributed by atoms with Gasteiger partial charge in [0.05, 0.1) is 6.33 Å². The van der Waals surface area contributed by atoms with Crippen LogP contribution in [0.3, 0.4) is 0 Å². The topological polar surface area (TPSA) is 47.1 Å². The molecule has 1 saturated heterocycles. The Balaban J connectivity index is 1.64. The molecule has 0 spiro atoms. The van der Waals surface area contributed by atoms with E-state index in [1.165, 1.54) is 13.0 Å². The summed E-state index contributed by atoms with van der Waals surface area (Å²) >= 11 is 0. The molecule has 0 aliphatic carbocycles. The van der Waals surface area contributed by atoms with Crippen molar-refractivity contribution in [2.45, 2.75) is 25.4 Å². The lowest BCUT2D eigenvalue weighted by Gasteiger charge is -2.14. The minimum absolute atomic E-state index is 0.406. The van der Waals surface area contributed by atoms with E-state index in [9.17, 15) is 0 Å². The smallest absolute Gasteiger partial charge is 0.0945 e. The lowest BCUT2D eigenvalue weighted by atomic mass is 10.3. The molecule has 0 saturated carbocycles. The molecule has 0 aromatic carbocycles. The Morgan fingerprint density at radius 3 is 3.00 bits per heavy atom. The number of likely N-dealkylation sites (tertiary alicyclic amines) is 1. The summed E-state index contributed by atoms with van der Waals surface area (Å²) in [6, 6.07) is 0.406. The zero-order valence-electron chi connectivity index (χ0n) is 8.47. The van der Waals surface area contributed by atoms with Crippen molar-refractivity contribution in [3.8, 4) is 0 Å². The zero-order valence-corrected chi connectivity index (χ0v) is 8.47. The molecule has 1 aliphatic heterocycles. The molecule has 4 nitrogen and oxygen atoms in total. The van der Waals surface area contributed by atoms with Gasteiger partial charge in [-0.25, -0.2) is 4.98 Å². The van der Waals surface area contributed by atoms with Crippen molar-refractivity contribution in [3.63, 3.8) is 0 Å². The third-order valence-corrected chi connectivity index (χ3v) is 2.76. The van der Waals surface area contributed by atoms with Gasteiger partial charge in [0.2, 0.25) is 0 Å². The van der Waals surface area contributed by atoms with Crippen LogP contribution in [0.2, 0.25) is 0 Å². The predicted molar refractivity (Wildman–Crippen MR) is 55.9 cm³/mol. The highest BCUT2D eigenvalue weighted by Gasteiger charge is 2.17. The van der Waals surface area contributed by atoms with Crippen LogP contribution in [0.1, 0.15) is 12.8 Å². The Hall–Kier alpha value is -0.870. The van der Waals surface area contributed by atoms with Gasteiger partial charge in [-0.15, -0.1) is 0 Å². The molecule has 4 heteroatoms. The maximum absolute atomic E-state index is 5.83. The first-order valence-corrected chi connectivity index (χ1v) is 5.28. The van der Waals surface area contributed by atoms with Crippen LogP contribution in [-0.2, 0) is 6.54 Å². The van der Waals surface area contributed by atoms with Crippen molar-refractivity contribution in [2.75, 3.05) is 19.6 Å². The summed E-state index contributed by atoms with van der Waals surface area (Å²) in [6.45, 7) is 4.46. The first-order chi connectivity index (χ1) is 6.84. The molecule has 78 valence electrons. The molecule has 1 atom stereocenters. The molecule has 14 heavy (non-hydrogen) atoms. The van der Waals surface area contributed by atoms with Gasteiger partial charge in [0.25, 0.3) is 0 Å².